The van der Waals surface area contributed by atoms with Crippen LogP contribution in [0.1, 0.15) is 83.0 Å². The van der Waals surface area contributed by atoms with Crippen LogP contribution in [-0.4, -0.2) is 97.2 Å². The maximum atomic E-state index is 13.4. The van der Waals surface area contributed by atoms with Crippen LogP contribution in [-0.2, 0) is 16.1 Å². The molecule has 1 spiro atoms. The van der Waals surface area contributed by atoms with E-state index in [9.17, 15) is 19.5 Å². The highest BCUT2D eigenvalue weighted by molar-refractivity contribution is 6.06. The van der Waals surface area contributed by atoms with E-state index in [1.807, 2.05) is 12.1 Å². The van der Waals surface area contributed by atoms with Gasteiger partial charge in [-0.25, -0.2) is 0 Å². The topological polar surface area (TPSA) is 115 Å². The summed E-state index contributed by atoms with van der Waals surface area (Å²) in [6.07, 6.45) is 5.72. The number of nitrogens with zero attached hydrogens (tertiary/aromatic N) is 4. The van der Waals surface area contributed by atoms with Gasteiger partial charge >= 0.3 is 0 Å². The van der Waals surface area contributed by atoms with E-state index in [0.717, 1.165) is 73.5 Å². The summed E-state index contributed by atoms with van der Waals surface area (Å²) in [6, 6.07) is 29.0. The Morgan fingerprint density at radius 3 is 2.39 bits per heavy atom. The highest BCUT2D eigenvalue weighted by atomic mass is 16.5. The second kappa shape index (κ2) is 14.3. The summed E-state index contributed by atoms with van der Waals surface area (Å²) in [5.41, 5.74) is 8.00. The van der Waals surface area contributed by atoms with Crippen LogP contribution in [0.25, 0.3) is 0 Å². The fraction of sp³-hybridized carbons (Fsp3) is 0.438. The average Bonchev–Trinajstić information content (AvgIpc) is 3.56. The largest absolute Gasteiger partial charge is 0.508 e. The Bertz CT molecular complexity index is 2300. The molecule has 4 atom stereocenters. The van der Waals surface area contributed by atoms with Gasteiger partial charge in [0.15, 0.2) is 0 Å². The molecule has 6 aliphatic heterocycles. The van der Waals surface area contributed by atoms with Crippen molar-refractivity contribution in [3.8, 4) is 17.2 Å². The van der Waals surface area contributed by atoms with Gasteiger partial charge in [0.2, 0.25) is 11.8 Å². The Hall–Kier alpha value is -5.55. The summed E-state index contributed by atoms with van der Waals surface area (Å²) in [5.74, 6) is 1.99. The van der Waals surface area contributed by atoms with E-state index >= 15 is 0 Å². The van der Waals surface area contributed by atoms with Crippen molar-refractivity contribution in [2.45, 2.75) is 69.0 Å². The molecule has 2 N–H and O–H groups in total. The molecule has 0 unspecified atom stereocenters. The number of imide groups is 1. The van der Waals surface area contributed by atoms with Gasteiger partial charge in [0.1, 0.15) is 29.9 Å². The Morgan fingerprint density at radius 2 is 1.59 bits per heavy atom. The average molecular weight is 794 g/mol. The number of fused-ring (bicyclic) bond motifs is 5. The van der Waals surface area contributed by atoms with E-state index in [2.05, 4.69) is 80.7 Å². The fourth-order valence-corrected chi connectivity index (χ4v) is 11.7. The molecule has 7 aliphatic rings. The number of rotatable bonds is 6. The molecule has 1 aliphatic carbocycles. The number of benzene rings is 4. The number of hydrogen-bond donors (Lipinski definition) is 2. The maximum Gasteiger partial charge on any atom is 0.255 e. The van der Waals surface area contributed by atoms with E-state index in [1.54, 1.807) is 17.0 Å². The van der Waals surface area contributed by atoms with Crippen LogP contribution in [0.4, 0.5) is 11.4 Å². The lowest BCUT2D eigenvalue weighted by atomic mass is 9.57. The quantitative estimate of drug-likeness (QED) is 0.226. The Morgan fingerprint density at radius 1 is 0.797 bits per heavy atom. The number of phenols is 1. The number of piperazine rings is 1. The molecule has 304 valence electrons. The minimum atomic E-state index is -0.618. The zero-order valence-electron chi connectivity index (χ0n) is 33.4. The second-order valence-corrected chi connectivity index (χ2v) is 18.2. The second-order valence-electron chi connectivity index (χ2n) is 18.2. The molecule has 3 amide bonds. The molecular formula is C48H51N5O6. The highest BCUT2D eigenvalue weighted by Gasteiger charge is 2.47. The van der Waals surface area contributed by atoms with Crippen molar-refractivity contribution in [2.75, 3.05) is 62.3 Å². The van der Waals surface area contributed by atoms with Crippen molar-refractivity contribution in [3.05, 3.63) is 113 Å². The lowest BCUT2D eigenvalue weighted by Gasteiger charge is -2.54. The first kappa shape index (κ1) is 36.5. The van der Waals surface area contributed by atoms with Gasteiger partial charge in [-0.15, -0.1) is 0 Å². The van der Waals surface area contributed by atoms with E-state index in [4.69, 9.17) is 9.47 Å². The molecule has 3 saturated heterocycles. The minimum Gasteiger partial charge on any atom is -0.508 e. The number of phenolic OH excluding ortho intramolecular Hbond substituents is 1. The van der Waals surface area contributed by atoms with E-state index in [-0.39, 0.29) is 47.8 Å². The van der Waals surface area contributed by atoms with Crippen molar-refractivity contribution in [1.29, 1.82) is 0 Å². The summed E-state index contributed by atoms with van der Waals surface area (Å²) in [7, 11) is 0. The molecule has 4 fully saturated rings. The normalized spacial score (nSPS) is 26.2. The highest BCUT2D eigenvalue weighted by Crippen LogP contribution is 2.54. The van der Waals surface area contributed by atoms with Gasteiger partial charge in [0, 0.05) is 87.0 Å². The number of aromatic hydroxyl groups is 1. The number of ether oxygens (including phenoxy) is 2. The third kappa shape index (κ3) is 6.49. The predicted octanol–water partition coefficient (Wildman–Crippen LogP) is 6.04. The van der Waals surface area contributed by atoms with Gasteiger partial charge in [-0.1, -0.05) is 48.5 Å². The molecule has 0 aromatic heterocycles. The van der Waals surface area contributed by atoms with E-state index < -0.39 is 6.04 Å². The van der Waals surface area contributed by atoms with Crippen LogP contribution in [0.15, 0.2) is 84.9 Å². The monoisotopic (exact) mass is 793 g/mol. The van der Waals surface area contributed by atoms with Crippen LogP contribution < -0.4 is 24.6 Å². The smallest absolute Gasteiger partial charge is 0.255 e. The Balaban J connectivity index is 0.687. The van der Waals surface area contributed by atoms with Gasteiger partial charge in [0.25, 0.3) is 5.91 Å². The van der Waals surface area contributed by atoms with Crippen molar-refractivity contribution < 1.29 is 29.0 Å². The summed E-state index contributed by atoms with van der Waals surface area (Å²) < 4.78 is 12.5. The summed E-state index contributed by atoms with van der Waals surface area (Å²) in [6.45, 7) is 7.78. The van der Waals surface area contributed by atoms with Gasteiger partial charge in [0.05, 0.1) is 18.3 Å². The molecule has 0 bridgehead atoms. The van der Waals surface area contributed by atoms with Crippen LogP contribution >= 0.6 is 0 Å². The summed E-state index contributed by atoms with van der Waals surface area (Å²) in [5, 5.41) is 12.6. The Labute approximate surface area is 344 Å². The zero-order valence-corrected chi connectivity index (χ0v) is 33.4. The molecule has 4 aromatic rings. The summed E-state index contributed by atoms with van der Waals surface area (Å²) >= 11 is 0. The van der Waals surface area contributed by atoms with Crippen molar-refractivity contribution in [2.24, 2.45) is 11.3 Å². The molecule has 11 rings (SSSR count). The van der Waals surface area contributed by atoms with Crippen LogP contribution in [0, 0.1) is 11.3 Å². The lowest BCUT2D eigenvalue weighted by Crippen LogP contribution is -2.59. The third-order valence-corrected chi connectivity index (χ3v) is 14.7. The van der Waals surface area contributed by atoms with Crippen molar-refractivity contribution >= 4 is 29.1 Å². The minimum absolute atomic E-state index is 0.143. The van der Waals surface area contributed by atoms with Crippen molar-refractivity contribution in [1.82, 2.24) is 15.1 Å². The molecule has 4 aromatic carbocycles. The number of piperidine rings is 2. The zero-order chi connectivity index (χ0) is 39.8. The van der Waals surface area contributed by atoms with Crippen LogP contribution in [0.5, 0.6) is 17.2 Å². The lowest BCUT2D eigenvalue weighted by molar-refractivity contribution is -0.136. The first-order valence-corrected chi connectivity index (χ1v) is 21.6. The number of anilines is 2. The number of nitrogens with one attached hydrogen (secondary N) is 1. The van der Waals surface area contributed by atoms with Crippen LogP contribution in [0.3, 0.4) is 0 Å². The first-order chi connectivity index (χ1) is 28.8. The maximum absolute atomic E-state index is 13.4. The number of amides is 3. The SMILES string of the molecule is O=C1CC[C@@H](N2Cc3cc4c(cc3C2=O)OC[C@@H]2CN(CC3CC5(CCN(c6ccc([C@H]7c8ccc(O)cc8OC[C@H]7c7ccccc7)cc6)CC5)C3)CCN42)C(=O)N1. The molecule has 59 heavy (non-hydrogen) atoms. The molecular weight excluding hydrogens is 743 g/mol. The molecule has 1 saturated carbocycles. The van der Waals surface area contributed by atoms with Crippen LogP contribution in [0.2, 0.25) is 0 Å². The third-order valence-electron chi connectivity index (χ3n) is 14.7. The predicted molar refractivity (Wildman–Crippen MR) is 223 cm³/mol. The first-order valence-electron chi connectivity index (χ1n) is 21.6. The molecule has 11 nitrogen and oxygen atoms in total. The number of carbonyl (C=O) groups is 3. The van der Waals surface area contributed by atoms with E-state index in [0.29, 0.717) is 37.2 Å². The number of hydrogen-bond acceptors (Lipinski definition) is 9. The number of carbonyl (C=O) groups excluding carboxylic acids is 3. The van der Waals surface area contributed by atoms with Gasteiger partial charge in [-0.2, -0.15) is 0 Å². The van der Waals surface area contributed by atoms with Gasteiger partial charge < -0.3 is 29.3 Å². The molecule has 11 heteroatoms. The van der Waals surface area contributed by atoms with E-state index in [1.165, 1.54) is 42.5 Å². The Kier molecular flexibility index (Phi) is 8.87. The fourth-order valence-electron chi connectivity index (χ4n) is 11.7. The molecule has 6 heterocycles. The molecule has 0 radical (unpaired) electrons. The standard InChI is InChI=1S/C48H51N5O6/c54-36-10-11-37-42(21-36)59-29-39(31-4-2-1-3-5-31)45(37)32-6-8-34(9-7-32)51-16-14-48(15-17-51)23-30(24-48)25-50-18-19-52-35(27-50)28-58-43-22-38-33(20-41(43)52)26-53(47(38)57)40-12-13-44(55)49-46(40)56/h1-11,20-22,30,35,39-40,45,54H,12-19,23-29H2,(H,49,55,56)/t35-,39-,40+,45-/m0/s1. The van der Waals surface area contributed by atoms with Gasteiger partial charge in [-0.05, 0) is 90.5 Å². The van der Waals surface area contributed by atoms with Gasteiger partial charge in [-0.3, -0.25) is 24.6 Å². The summed E-state index contributed by atoms with van der Waals surface area (Å²) in [4.78, 5) is 47.0. The van der Waals surface area contributed by atoms with Crippen molar-refractivity contribution in [3.63, 3.8) is 0 Å².